The van der Waals surface area contributed by atoms with Gasteiger partial charge in [-0.3, -0.25) is 4.21 Å². The van der Waals surface area contributed by atoms with Crippen molar-refractivity contribution < 1.29 is 8.95 Å². The molecule has 1 aromatic carbocycles. The van der Waals surface area contributed by atoms with Crippen LogP contribution < -0.4 is 5.73 Å². The van der Waals surface area contributed by atoms with E-state index in [9.17, 15) is 4.21 Å². The number of rotatable bonds is 6. The molecule has 3 nitrogen and oxygen atoms in total. The minimum Gasteiger partial charge on any atom is -0.398 e. The van der Waals surface area contributed by atoms with Crippen LogP contribution in [0.25, 0.3) is 0 Å². The van der Waals surface area contributed by atoms with Gasteiger partial charge < -0.3 is 10.5 Å². The summed E-state index contributed by atoms with van der Waals surface area (Å²) in [6.45, 7) is 0.650. The van der Waals surface area contributed by atoms with E-state index in [1.807, 2.05) is 18.2 Å². The van der Waals surface area contributed by atoms with Crippen LogP contribution >= 0.6 is 15.9 Å². The summed E-state index contributed by atoms with van der Waals surface area (Å²) in [5, 5.41) is 0. The molecule has 1 aromatic rings. The zero-order valence-corrected chi connectivity index (χ0v) is 11.6. The molecule has 0 bridgehead atoms. The molecule has 0 heterocycles. The van der Waals surface area contributed by atoms with Crippen LogP contribution in [0.4, 0.5) is 5.69 Å². The molecule has 0 aliphatic rings. The average Bonchev–Trinajstić information content (AvgIpc) is 2.24. The monoisotopic (exact) mass is 305 g/mol. The molecule has 1 unspecified atom stereocenters. The van der Waals surface area contributed by atoms with Gasteiger partial charge in [0.1, 0.15) is 0 Å². The smallest absolute Gasteiger partial charge is 0.0517 e. The number of halogens is 1. The summed E-state index contributed by atoms with van der Waals surface area (Å²) in [6.07, 6.45) is 0.813. The van der Waals surface area contributed by atoms with E-state index in [1.165, 1.54) is 0 Å². The van der Waals surface area contributed by atoms with Gasteiger partial charge in [0.2, 0.25) is 0 Å². The van der Waals surface area contributed by atoms with Crippen LogP contribution in [0.5, 0.6) is 0 Å². The molecule has 1 atom stereocenters. The summed E-state index contributed by atoms with van der Waals surface area (Å²) in [6, 6.07) is 5.61. The van der Waals surface area contributed by atoms with E-state index in [0.717, 1.165) is 16.5 Å². The minimum absolute atomic E-state index is 0.497. The Kier molecular flexibility index (Phi) is 6.01. The van der Waals surface area contributed by atoms with Crippen LogP contribution in [0.15, 0.2) is 22.7 Å². The van der Waals surface area contributed by atoms with Crippen molar-refractivity contribution in [3.05, 3.63) is 28.2 Å². The molecular formula is C11H16BrNO2S. The van der Waals surface area contributed by atoms with Gasteiger partial charge in [-0.25, -0.2) is 0 Å². The Morgan fingerprint density at radius 2 is 2.25 bits per heavy atom. The Hall–Kier alpha value is -0.390. The largest absolute Gasteiger partial charge is 0.398 e. The molecule has 0 aliphatic heterocycles. The molecule has 0 aromatic heterocycles. The quantitative estimate of drug-likeness (QED) is 0.648. The second-order valence-corrected chi connectivity index (χ2v) is 5.87. The van der Waals surface area contributed by atoms with Gasteiger partial charge in [0.05, 0.1) is 5.75 Å². The van der Waals surface area contributed by atoms with Gasteiger partial charge in [-0.1, -0.05) is 22.0 Å². The van der Waals surface area contributed by atoms with Gasteiger partial charge in [-0.15, -0.1) is 0 Å². The van der Waals surface area contributed by atoms with Crippen molar-refractivity contribution in [2.45, 2.75) is 12.2 Å². The molecule has 1 rings (SSSR count). The summed E-state index contributed by atoms with van der Waals surface area (Å²) in [5.41, 5.74) is 7.45. The van der Waals surface area contributed by atoms with E-state index in [2.05, 4.69) is 15.9 Å². The van der Waals surface area contributed by atoms with Crippen molar-refractivity contribution in [1.29, 1.82) is 0 Å². The molecule has 90 valence electrons. The fourth-order valence-electron chi connectivity index (χ4n) is 1.33. The highest BCUT2D eigenvalue weighted by molar-refractivity contribution is 9.10. The van der Waals surface area contributed by atoms with E-state index in [1.54, 1.807) is 7.11 Å². The van der Waals surface area contributed by atoms with Crippen LogP contribution in [-0.2, 0) is 21.3 Å². The van der Waals surface area contributed by atoms with Crippen LogP contribution in [-0.4, -0.2) is 23.7 Å². The van der Waals surface area contributed by atoms with Crippen LogP contribution in [0.2, 0.25) is 0 Å². The minimum atomic E-state index is -0.883. The molecular weight excluding hydrogens is 290 g/mol. The van der Waals surface area contributed by atoms with Crippen molar-refractivity contribution in [2.75, 3.05) is 25.2 Å². The van der Waals surface area contributed by atoms with Crippen molar-refractivity contribution in [3.8, 4) is 0 Å². The first-order chi connectivity index (χ1) is 7.65. The van der Waals surface area contributed by atoms with E-state index in [4.69, 9.17) is 10.5 Å². The molecule has 16 heavy (non-hydrogen) atoms. The first-order valence-corrected chi connectivity index (χ1v) is 7.30. The molecule has 5 heteroatoms. The number of nitrogens with two attached hydrogens (primary N) is 1. The SMILES string of the molecule is COCCCS(=O)Cc1c(N)cccc1Br. The van der Waals surface area contributed by atoms with E-state index >= 15 is 0 Å². The number of ether oxygens (including phenoxy) is 1. The number of methoxy groups -OCH3 is 1. The second-order valence-electron chi connectivity index (χ2n) is 3.44. The lowest BCUT2D eigenvalue weighted by Crippen LogP contribution is -2.06. The maximum Gasteiger partial charge on any atom is 0.0517 e. The molecule has 0 saturated carbocycles. The summed E-state index contributed by atoms with van der Waals surface area (Å²) in [4.78, 5) is 0. The predicted octanol–water partition coefficient (Wildman–Crippen LogP) is 2.32. The second kappa shape index (κ2) is 7.04. The summed E-state index contributed by atoms with van der Waals surface area (Å²) in [5.74, 6) is 1.14. The highest BCUT2D eigenvalue weighted by atomic mass is 79.9. The Labute approximate surface area is 107 Å². The van der Waals surface area contributed by atoms with E-state index in [0.29, 0.717) is 23.8 Å². The van der Waals surface area contributed by atoms with Gasteiger partial charge >= 0.3 is 0 Å². The summed E-state index contributed by atoms with van der Waals surface area (Å²) < 4.78 is 17.6. The average molecular weight is 306 g/mol. The zero-order valence-electron chi connectivity index (χ0n) is 9.24. The highest BCUT2D eigenvalue weighted by Gasteiger charge is 2.08. The Bertz CT molecular complexity index is 351. The van der Waals surface area contributed by atoms with Crippen LogP contribution in [0.1, 0.15) is 12.0 Å². The lowest BCUT2D eigenvalue weighted by Gasteiger charge is -2.07. The molecule has 0 amide bonds. The standard InChI is InChI=1S/C11H16BrNO2S/c1-15-6-3-7-16(14)8-9-10(12)4-2-5-11(9)13/h2,4-5H,3,6-8,13H2,1H3. The van der Waals surface area contributed by atoms with E-state index in [-0.39, 0.29) is 0 Å². The van der Waals surface area contributed by atoms with Crippen LogP contribution in [0, 0.1) is 0 Å². The third-order valence-corrected chi connectivity index (χ3v) is 4.28. The predicted molar refractivity (Wildman–Crippen MR) is 71.8 cm³/mol. The van der Waals surface area contributed by atoms with Gasteiger partial charge in [-0.2, -0.15) is 0 Å². The van der Waals surface area contributed by atoms with Crippen molar-refractivity contribution in [3.63, 3.8) is 0 Å². The number of nitrogen functional groups attached to an aromatic ring is 1. The maximum atomic E-state index is 11.8. The maximum absolute atomic E-state index is 11.8. The normalized spacial score (nSPS) is 12.6. The number of anilines is 1. The fourth-order valence-corrected chi connectivity index (χ4v) is 3.26. The molecule has 0 saturated heterocycles. The van der Waals surface area contributed by atoms with E-state index < -0.39 is 10.8 Å². The highest BCUT2D eigenvalue weighted by Crippen LogP contribution is 2.23. The van der Waals surface area contributed by atoms with Crippen molar-refractivity contribution >= 4 is 32.4 Å². The fraction of sp³-hybridized carbons (Fsp3) is 0.455. The van der Waals surface area contributed by atoms with Gasteiger partial charge in [0.15, 0.2) is 0 Å². The molecule has 0 radical (unpaired) electrons. The van der Waals surface area contributed by atoms with Crippen molar-refractivity contribution in [2.24, 2.45) is 0 Å². The Balaban J connectivity index is 2.56. The summed E-state index contributed by atoms with van der Waals surface area (Å²) in [7, 11) is 0.764. The molecule has 0 aliphatic carbocycles. The number of hydrogen-bond acceptors (Lipinski definition) is 3. The first kappa shape index (κ1) is 13.7. The zero-order chi connectivity index (χ0) is 12.0. The number of benzene rings is 1. The van der Waals surface area contributed by atoms with Gasteiger partial charge in [0.25, 0.3) is 0 Å². The third-order valence-electron chi connectivity index (χ3n) is 2.18. The first-order valence-electron chi connectivity index (χ1n) is 5.02. The van der Waals surface area contributed by atoms with Gasteiger partial charge in [0, 0.05) is 46.0 Å². The Morgan fingerprint density at radius 1 is 1.50 bits per heavy atom. The summed E-state index contributed by atoms with van der Waals surface area (Å²) >= 11 is 3.42. The molecule has 0 fully saturated rings. The lowest BCUT2D eigenvalue weighted by atomic mass is 10.2. The van der Waals surface area contributed by atoms with Crippen molar-refractivity contribution in [1.82, 2.24) is 0 Å². The Morgan fingerprint density at radius 3 is 2.88 bits per heavy atom. The topological polar surface area (TPSA) is 52.3 Å². The molecule has 2 N–H and O–H groups in total. The third kappa shape index (κ3) is 4.23. The van der Waals surface area contributed by atoms with Gasteiger partial charge in [-0.05, 0) is 18.6 Å². The lowest BCUT2D eigenvalue weighted by molar-refractivity contribution is 0.200. The molecule has 0 spiro atoms. The van der Waals surface area contributed by atoms with Crippen LogP contribution in [0.3, 0.4) is 0 Å². The number of hydrogen-bond donors (Lipinski definition) is 1.